The van der Waals surface area contributed by atoms with E-state index in [-0.39, 0.29) is 46.1 Å². The first-order valence-electron chi connectivity index (χ1n) is 2.30. The van der Waals surface area contributed by atoms with Gasteiger partial charge in [0.1, 0.15) is 0 Å². The van der Waals surface area contributed by atoms with E-state index in [1.165, 1.54) is 6.42 Å². The van der Waals surface area contributed by atoms with Gasteiger partial charge in [-0.15, -0.1) is 0 Å². The fourth-order valence-electron chi connectivity index (χ4n) is 0.498. The number of carbonyl (C=O) groups excluding carboxylic acids is 2. The van der Waals surface area contributed by atoms with Crippen molar-refractivity contribution in [3.63, 3.8) is 0 Å². The van der Waals surface area contributed by atoms with E-state index in [0.717, 1.165) is 0 Å². The van der Waals surface area contributed by atoms with Gasteiger partial charge >= 0.3 is 0 Å². The molecule has 55 valence electrons. The van der Waals surface area contributed by atoms with Gasteiger partial charge in [0.2, 0.25) is 0 Å². The van der Waals surface area contributed by atoms with Crippen molar-refractivity contribution in [2.45, 2.75) is 6.92 Å². The molecule has 0 amide bonds. The largest absolute Gasteiger partial charge is 0.422 e. The zero-order valence-corrected chi connectivity index (χ0v) is 8.80. The predicted molar refractivity (Wildman–Crippen MR) is 31.0 cm³/mol. The second kappa shape index (κ2) is 4.86. The van der Waals surface area contributed by atoms with Gasteiger partial charge in [0.15, 0.2) is 5.97 Å². The van der Waals surface area contributed by atoms with Crippen LogP contribution in [0.15, 0.2) is 0 Å². The Kier molecular flexibility index (Phi) is 6.20. The van der Waals surface area contributed by atoms with Crippen LogP contribution in [0.3, 0.4) is 0 Å². The molecule has 3 nitrogen and oxygen atoms in total. The van der Waals surface area contributed by atoms with E-state index in [2.05, 4.69) is 4.74 Å². The van der Waals surface area contributed by atoms with Crippen LogP contribution in [0.2, 0.25) is 0 Å². The number of esters is 2. The number of carbonyl (C=O) groups is 2. The zero-order chi connectivity index (χ0) is 6.15. The molecule has 1 fully saturated rings. The summed E-state index contributed by atoms with van der Waals surface area (Å²) < 4.78 is 4.14. The standard InChI is InChI=1S/C5H5O3.CH3.Y/c1-3-2-4(6)8-5(3)7;;/h2-3H,1H3;1H3;/q2*-1;. The summed E-state index contributed by atoms with van der Waals surface area (Å²) in [6.45, 7) is 1.62. The number of hydrogen-bond donors (Lipinski definition) is 0. The van der Waals surface area contributed by atoms with Crippen molar-refractivity contribution in [1.29, 1.82) is 0 Å². The third-order valence-corrected chi connectivity index (χ3v) is 0.959. The zero-order valence-electron chi connectivity index (χ0n) is 5.96. The van der Waals surface area contributed by atoms with Gasteiger partial charge in [-0.2, -0.15) is 0 Å². The summed E-state index contributed by atoms with van der Waals surface area (Å²) in [5.74, 6) is -1.32. The Morgan fingerprint density at radius 2 is 2.00 bits per heavy atom. The maximum absolute atomic E-state index is 10.3. The van der Waals surface area contributed by atoms with E-state index in [1.54, 1.807) is 6.92 Å². The molecule has 0 saturated carbocycles. The maximum Gasteiger partial charge on any atom is 0.286 e. The van der Waals surface area contributed by atoms with E-state index in [0.29, 0.717) is 0 Å². The van der Waals surface area contributed by atoms with Crippen LogP contribution in [-0.2, 0) is 47.0 Å². The summed E-state index contributed by atoms with van der Waals surface area (Å²) >= 11 is 0. The smallest absolute Gasteiger partial charge is 0.286 e. The van der Waals surface area contributed by atoms with Crippen molar-refractivity contribution in [2.75, 3.05) is 0 Å². The molecular formula is C6H8O3Y-2. The fourth-order valence-corrected chi connectivity index (χ4v) is 0.498. The molecular weight excluding hydrogens is 209 g/mol. The van der Waals surface area contributed by atoms with Crippen LogP contribution in [0.5, 0.6) is 0 Å². The summed E-state index contributed by atoms with van der Waals surface area (Å²) in [6.07, 6.45) is 1.25. The molecule has 0 aliphatic carbocycles. The minimum absolute atomic E-state index is 0. The normalized spacial score (nSPS) is 21.9. The van der Waals surface area contributed by atoms with Crippen LogP contribution in [0.1, 0.15) is 6.92 Å². The molecule has 0 spiro atoms. The van der Waals surface area contributed by atoms with E-state index in [9.17, 15) is 9.59 Å². The Morgan fingerprint density at radius 3 is 2.10 bits per heavy atom. The summed E-state index contributed by atoms with van der Waals surface area (Å²) in [5, 5.41) is 0. The number of hydrogen-bond acceptors (Lipinski definition) is 3. The van der Waals surface area contributed by atoms with Crippen molar-refractivity contribution in [2.24, 2.45) is 5.92 Å². The Labute approximate surface area is 85.4 Å². The van der Waals surface area contributed by atoms with Crippen molar-refractivity contribution in [1.82, 2.24) is 0 Å². The molecule has 1 heterocycles. The Morgan fingerprint density at radius 1 is 1.50 bits per heavy atom. The molecule has 0 aromatic heterocycles. The minimum Gasteiger partial charge on any atom is -0.422 e. The van der Waals surface area contributed by atoms with Gasteiger partial charge in [0.25, 0.3) is 5.97 Å². The molecule has 1 saturated heterocycles. The van der Waals surface area contributed by atoms with Crippen molar-refractivity contribution in [3.8, 4) is 0 Å². The number of rotatable bonds is 0. The van der Waals surface area contributed by atoms with E-state index >= 15 is 0 Å². The topological polar surface area (TPSA) is 43.4 Å². The van der Waals surface area contributed by atoms with Crippen LogP contribution in [0.4, 0.5) is 0 Å². The molecule has 1 rings (SSSR count). The van der Waals surface area contributed by atoms with Gasteiger partial charge in [0, 0.05) is 32.7 Å². The Balaban J connectivity index is 0. The summed E-state index contributed by atoms with van der Waals surface area (Å²) in [6, 6.07) is 0. The van der Waals surface area contributed by atoms with Crippen LogP contribution in [-0.4, -0.2) is 11.9 Å². The third-order valence-electron chi connectivity index (χ3n) is 0.959. The molecule has 1 aliphatic rings. The van der Waals surface area contributed by atoms with Crippen LogP contribution in [0, 0.1) is 19.8 Å². The molecule has 1 unspecified atom stereocenters. The van der Waals surface area contributed by atoms with Crippen LogP contribution >= 0.6 is 0 Å². The molecule has 1 radical (unpaired) electrons. The second-order valence-electron chi connectivity index (χ2n) is 1.70. The average molecular weight is 217 g/mol. The van der Waals surface area contributed by atoms with Crippen molar-refractivity contribution >= 4 is 11.9 Å². The van der Waals surface area contributed by atoms with E-state index < -0.39 is 11.9 Å². The van der Waals surface area contributed by atoms with Crippen LogP contribution < -0.4 is 0 Å². The monoisotopic (exact) mass is 217 g/mol. The molecule has 1 atom stereocenters. The molecule has 0 aromatic rings. The van der Waals surface area contributed by atoms with Gasteiger partial charge in [-0.1, -0.05) is 6.92 Å². The first-order valence-corrected chi connectivity index (χ1v) is 2.30. The number of ether oxygens (including phenoxy) is 1. The minimum atomic E-state index is -0.525. The molecule has 10 heavy (non-hydrogen) atoms. The molecule has 0 aromatic carbocycles. The molecule has 4 heteroatoms. The summed E-state index contributed by atoms with van der Waals surface area (Å²) in [7, 11) is 0. The van der Waals surface area contributed by atoms with Crippen LogP contribution in [0.25, 0.3) is 0 Å². The first kappa shape index (κ1) is 12.8. The molecule has 0 N–H and O–H groups in total. The quantitative estimate of drug-likeness (QED) is 0.334. The van der Waals surface area contributed by atoms with Gasteiger partial charge in [0.05, 0.1) is 0 Å². The van der Waals surface area contributed by atoms with Gasteiger partial charge in [-0.25, -0.2) is 0 Å². The van der Waals surface area contributed by atoms with E-state index in [1.807, 2.05) is 0 Å². The molecule has 1 aliphatic heterocycles. The predicted octanol–water partition coefficient (Wildman–Crippen LogP) is 0.358. The Bertz CT molecular complexity index is 144. The second-order valence-corrected chi connectivity index (χ2v) is 1.70. The van der Waals surface area contributed by atoms with Gasteiger partial charge < -0.3 is 12.2 Å². The Hall–Kier alpha value is 0.114. The number of cyclic esters (lactones) is 2. The van der Waals surface area contributed by atoms with Gasteiger partial charge in [-0.05, 0) is 5.92 Å². The van der Waals surface area contributed by atoms with Crippen molar-refractivity contribution < 1.29 is 47.0 Å². The maximum atomic E-state index is 10.3. The van der Waals surface area contributed by atoms with Gasteiger partial charge in [-0.3, -0.25) is 16.0 Å². The van der Waals surface area contributed by atoms with E-state index in [4.69, 9.17) is 0 Å². The molecule has 0 bridgehead atoms. The fraction of sp³-hybridized carbons (Fsp3) is 0.333. The SMILES string of the molecule is CC1[CH-]C(=O)OC1=O.[CH3-].[Y]. The van der Waals surface area contributed by atoms with Crippen molar-refractivity contribution in [3.05, 3.63) is 13.8 Å². The summed E-state index contributed by atoms with van der Waals surface area (Å²) in [5.41, 5.74) is 0. The third kappa shape index (κ3) is 2.80. The summed E-state index contributed by atoms with van der Waals surface area (Å²) in [4.78, 5) is 20.5. The first-order chi connectivity index (χ1) is 3.70. The average Bonchev–Trinajstić information content (AvgIpc) is 1.85.